The Morgan fingerprint density at radius 1 is 1.10 bits per heavy atom. The molecule has 0 saturated carbocycles. The van der Waals surface area contributed by atoms with Crippen molar-refractivity contribution >= 4 is 33.9 Å². The first kappa shape index (κ1) is 13.5. The Morgan fingerprint density at radius 3 is 2.81 bits per heavy atom. The number of benzene rings is 1. The van der Waals surface area contributed by atoms with Crippen LogP contribution in [0.15, 0.2) is 60.0 Å². The molecule has 0 radical (unpaired) electrons. The molecule has 0 aliphatic carbocycles. The van der Waals surface area contributed by atoms with Gasteiger partial charge in [-0.15, -0.1) is 0 Å². The molecule has 0 unspecified atom stereocenters. The van der Waals surface area contributed by atoms with Gasteiger partial charge < -0.3 is 0 Å². The molecule has 2 aromatic heterocycles. The topological polar surface area (TPSA) is 50.2 Å². The Balaban J connectivity index is 1.92. The normalized spacial score (nSPS) is 11.6. The summed E-state index contributed by atoms with van der Waals surface area (Å²) in [4.78, 5) is 8.57. The SMILES string of the molecule is C/C(=N/Nc1ccnc2cc(Cl)ccc12)c1ccccn1. The van der Waals surface area contributed by atoms with E-state index in [1.807, 2.05) is 49.4 Å². The summed E-state index contributed by atoms with van der Waals surface area (Å²) in [7, 11) is 0. The lowest BCUT2D eigenvalue weighted by Crippen LogP contribution is -2.02. The second-order valence-corrected chi connectivity index (χ2v) is 4.98. The Morgan fingerprint density at radius 2 is 2.00 bits per heavy atom. The molecule has 0 bridgehead atoms. The van der Waals surface area contributed by atoms with Crippen LogP contribution in [-0.2, 0) is 0 Å². The van der Waals surface area contributed by atoms with E-state index in [1.54, 1.807) is 12.4 Å². The highest BCUT2D eigenvalue weighted by atomic mass is 35.5. The molecule has 0 aliphatic heterocycles. The maximum Gasteiger partial charge on any atom is 0.0859 e. The van der Waals surface area contributed by atoms with Crippen molar-refractivity contribution < 1.29 is 0 Å². The summed E-state index contributed by atoms with van der Waals surface area (Å²) < 4.78 is 0. The summed E-state index contributed by atoms with van der Waals surface area (Å²) in [5, 5.41) is 6.02. The number of fused-ring (bicyclic) bond motifs is 1. The van der Waals surface area contributed by atoms with E-state index in [0.717, 1.165) is 28.0 Å². The second-order valence-electron chi connectivity index (χ2n) is 4.54. The summed E-state index contributed by atoms with van der Waals surface area (Å²) in [6, 6.07) is 13.2. The first-order valence-corrected chi connectivity index (χ1v) is 6.88. The van der Waals surface area contributed by atoms with Crippen LogP contribution >= 0.6 is 11.6 Å². The lowest BCUT2D eigenvalue weighted by Gasteiger charge is -2.06. The summed E-state index contributed by atoms with van der Waals surface area (Å²) in [6.07, 6.45) is 3.48. The minimum atomic E-state index is 0.667. The van der Waals surface area contributed by atoms with Crippen molar-refractivity contribution in [3.8, 4) is 0 Å². The fraction of sp³-hybridized carbons (Fsp3) is 0.0625. The molecule has 5 heteroatoms. The van der Waals surface area contributed by atoms with Crippen LogP contribution in [0.5, 0.6) is 0 Å². The van der Waals surface area contributed by atoms with Gasteiger partial charge >= 0.3 is 0 Å². The van der Waals surface area contributed by atoms with E-state index >= 15 is 0 Å². The number of hydrazone groups is 1. The maximum absolute atomic E-state index is 5.98. The number of rotatable bonds is 3. The van der Waals surface area contributed by atoms with Gasteiger partial charge in [0.2, 0.25) is 0 Å². The van der Waals surface area contributed by atoms with Crippen molar-refractivity contribution in [2.24, 2.45) is 5.10 Å². The van der Waals surface area contributed by atoms with Gasteiger partial charge in [0.25, 0.3) is 0 Å². The van der Waals surface area contributed by atoms with Crippen LogP contribution in [0.25, 0.3) is 10.9 Å². The van der Waals surface area contributed by atoms with Crippen LogP contribution in [0, 0.1) is 0 Å². The lowest BCUT2D eigenvalue weighted by atomic mass is 10.2. The molecule has 3 aromatic rings. The number of hydrogen-bond donors (Lipinski definition) is 1. The molecule has 1 N–H and O–H groups in total. The molecule has 0 fully saturated rings. The number of pyridine rings is 2. The van der Waals surface area contributed by atoms with Crippen LogP contribution in [0.4, 0.5) is 5.69 Å². The maximum atomic E-state index is 5.98. The zero-order valence-electron chi connectivity index (χ0n) is 11.4. The van der Waals surface area contributed by atoms with Gasteiger partial charge in [-0.25, -0.2) is 0 Å². The minimum Gasteiger partial charge on any atom is -0.277 e. The van der Waals surface area contributed by atoms with E-state index in [-0.39, 0.29) is 0 Å². The molecule has 0 amide bonds. The molecule has 1 aromatic carbocycles. The van der Waals surface area contributed by atoms with E-state index in [1.165, 1.54) is 0 Å². The van der Waals surface area contributed by atoms with Gasteiger partial charge in [0.15, 0.2) is 0 Å². The number of halogens is 1. The fourth-order valence-electron chi connectivity index (χ4n) is 2.00. The van der Waals surface area contributed by atoms with Gasteiger partial charge in [0, 0.05) is 22.8 Å². The first-order valence-electron chi connectivity index (χ1n) is 6.50. The third-order valence-electron chi connectivity index (χ3n) is 3.08. The molecule has 0 spiro atoms. The predicted octanol–water partition coefficient (Wildman–Crippen LogP) is 4.12. The Hall–Kier alpha value is -2.46. The highest BCUT2D eigenvalue weighted by molar-refractivity contribution is 6.31. The van der Waals surface area contributed by atoms with Crippen LogP contribution in [0.2, 0.25) is 5.02 Å². The van der Waals surface area contributed by atoms with E-state index in [9.17, 15) is 0 Å². The van der Waals surface area contributed by atoms with E-state index < -0.39 is 0 Å². The van der Waals surface area contributed by atoms with Gasteiger partial charge in [-0.3, -0.25) is 15.4 Å². The number of hydrogen-bond acceptors (Lipinski definition) is 4. The van der Waals surface area contributed by atoms with Crippen molar-refractivity contribution in [3.05, 3.63) is 65.6 Å². The zero-order chi connectivity index (χ0) is 14.7. The largest absolute Gasteiger partial charge is 0.277 e. The van der Waals surface area contributed by atoms with Gasteiger partial charge in [0.05, 0.1) is 22.6 Å². The van der Waals surface area contributed by atoms with Crippen molar-refractivity contribution in [2.45, 2.75) is 6.92 Å². The standard InChI is InChI=1S/C16H13ClN4/c1-11(14-4-2-3-8-18-14)20-21-15-7-9-19-16-10-12(17)5-6-13(15)16/h2-10H,1H3,(H,19,21)/b20-11-. The van der Waals surface area contributed by atoms with E-state index in [4.69, 9.17) is 11.6 Å². The third-order valence-corrected chi connectivity index (χ3v) is 3.32. The number of nitrogens with zero attached hydrogens (tertiary/aromatic N) is 3. The van der Waals surface area contributed by atoms with E-state index in [2.05, 4.69) is 20.5 Å². The Labute approximate surface area is 127 Å². The third kappa shape index (κ3) is 3.01. The monoisotopic (exact) mass is 296 g/mol. The number of anilines is 1. The summed E-state index contributed by atoms with van der Waals surface area (Å²) >= 11 is 5.98. The molecule has 104 valence electrons. The molecular formula is C16H13ClN4. The number of aromatic nitrogens is 2. The molecule has 4 nitrogen and oxygen atoms in total. The minimum absolute atomic E-state index is 0.667. The highest BCUT2D eigenvalue weighted by Crippen LogP contribution is 2.24. The zero-order valence-corrected chi connectivity index (χ0v) is 12.2. The van der Waals surface area contributed by atoms with Crippen LogP contribution in [0.1, 0.15) is 12.6 Å². The van der Waals surface area contributed by atoms with Crippen molar-refractivity contribution in [3.63, 3.8) is 0 Å². The quantitative estimate of drug-likeness (QED) is 0.584. The molecule has 3 rings (SSSR count). The molecular weight excluding hydrogens is 284 g/mol. The molecule has 21 heavy (non-hydrogen) atoms. The summed E-state index contributed by atoms with van der Waals surface area (Å²) in [5.41, 5.74) is 6.44. The Kier molecular flexibility index (Phi) is 3.79. The average molecular weight is 297 g/mol. The predicted molar refractivity (Wildman–Crippen MR) is 86.8 cm³/mol. The van der Waals surface area contributed by atoms with Crippen molar-refractivity contribution in [2.75, 3.05) is 5.43 Å². The summed E-state index contributed by atoms with van der Waals surface area (Å²) in [5.74, 6) is 0. The van der Waals surface area contributed by atoms with Gasteiger partial charge in [-0.05, 0) is 43.3 Å². The Bertz CT molecular complexity index is 800. The second kappa shape index (κ2) is 5.89. The fourth-order valence-corrected chi connectivity index (χ4v) is 2.16. The molecule has 0 saturated heterocycles. The van der Waals surface area contributed by atoms with Crippen LogP contribution in [0.3, 0.4) is 0 Å². The lowest BCUT2D eigenvalue weighted by molar-refractivity contribution is 1.25. The van der Waals surface area contributed by atoms with E-state index in [0.29, 0.717) is 5.02 Å². The van der Waals surface area contributed by atoms with Crippen molar-refractivity contribution in [1.29, 1.82) is 0 Å². The van der Waals surface area contributed by atoms with Crippen LogP contribution in [-0.4, -0.2) is 15.7 Å². The first-order chi connectivity index (χ1) is 10.2. The van der Waals surface area contributed by atoms with Gasteiger partial charge in [-0.2, -0.15) is 5.10 Å². The van der Waals surface area contributed by atoms with Gasteiger partial charge in [-0.1, -0.05) is 17.7 Å². The average Bonchev–Trinajstić information content (AvgIpc) is 2.53. The number of nitrogens with one attached hydrogen (secondary N) is 1. The molecule has 0 atom stereocenters. The smallest absolute Gasteiger partial charge is 0.0859 e. The van der Waals surface area contributed by atoms with Crippen molar-refractivity contribution in [1.82, 2.24) is 9.97 Å². The molecule has 2 heterocycles. The summed E-state index contributed by atoms with van der Waals surface area (Å²) in [6.45, 7) is 1.91. The highest BCUT2D eigenvalue weighted by Gasteiger charge is 2.03. The van der Waals surface area contributed by atoms with Crippen LogP contribution < -0.4 is 5.43 Å². The van der Waals surface area contributed by atoms with Gasteiger partial charge in [0.1, 0.15) is 0 Å². The molecule has 0 aliphatic rings.